The molecule has 4 rings (SSSR count). The van der Waals surface area contributed by atoms with Crippen molar-refractivity contribution < 1.29 is 4.74 Å². The molecule has 0 unspecified atom stereocenters. The van der Waals surface area contributed by atoms with Crippen molar-refractivity contribution in [2.45, 2.75) is 18.6 Å². The highest BCUT2D eigenvalue weighted by atomic mass is 16.5. The third-order valence-corrected chi connectivity index (χ3v) is 4.91. The molecule has 1 fully saturated rings. The van der Waals surface area contributed by atoms with Gasteiger partial charge in [0.15, 0.2) is 0 Å². The summed E-state index contributed by atoms with van der Waals surface area (Å²) in [7, 11) is 3.61. The molecule has 0 spiro atoms. The van der Waals surface area contributed by atoms with Crippen molar-refractivity contribution in [3.63, 3.8) is 0 Å². The van der Waals surface area contributed by atoms with Crippen LogP contribution in [0.25, 0.3) is 5.52 Å². The molecule has 0 radical (unpaired) electrons. The van der Waals surface area contributed by atoms with E-state index in [-0.39, 0.29) is 12.0 Å². The van der Waals surface area contributed by atoms with Crippen LogP contribution in [0.1, 0.15) is 22.7 Å². The fourth-order valence-electron chi connectivity index (χ4n) is 3.71. The molecule has 0 amide bonds. The molecule has 3 aromatic rings. The molecule has 128 valence electrons. The summed E-state index contributed by atoms with van der Waals surface area (Å²) in [6, 6.07) is 8.27. The van der Waals surface area contributed by atoms with Crippen molar-refractivity contribution in [1.82, 2.24) is 24.3 Å². The normalized spacial score (nSPS) is 21.0. The number of nitrogens with zero attached hydrogens (tertiary/aromatic N) is 6. The molecular weight excluding hydrogens is 316 g/mol. The lowest BCUT2D eigenvalue weighted by molar-refractivity contribution is 0.0957. The zero-order chi connectivity index (χ0) is 17.4. The van der Waals surface area contributed by atoms with Crippen LogP contribution in [0.4, 0.5) is 0 Å². The van der Waals surface area contributed by atoms with E-state index < -0.39 is 0 Å². The van der Waals surface area contributed by atoms with Crippen LogP contribution in [0.5, 0.6) is 0 Å². The van der Waals surface area contributed by atoms with Crippen LogP contribution < -0.4 is 0 Å². The van der Waals surface area contributed by atoms with Gasteiger partial charge < -0.3 is 9.14 Å². The zero-order valence-electron chi connectivity index (χ0n) is 14.3. The van der Waals surface area contributed by atoms with Crippen LogP contribution in [0, 0.1) is 11.3 Å². The SMILES string of the molecule is CO[C@@H]1CN(Cc2cn3ccccc3c2C#N)C[C@H]1c1cn(C)nn1. The molecular formula is C18H20N6O. The number of methoxy groups -OCH3 is 1. The predicted octanol–water partition coefficient (Wildman–Crippen LogP) is 1.55. The summed E-state index contributed by atoms with van der Waals surface area (Å²) in [6.07, 6.45) is 6.06. The first kappa shape index (κ1) is 15.8. The summed E-state index contributed by atoms with van der Waals surface area (Å²) < 4.78 is 9.42. The Morgan fingerprint density at radius 2 is 2.20 bits per heavy atom. The first-order valence-corrected chi connectivity index (χ1v) is 8.29. The minimum Gasteiger partial charge on any atom is -0.379 e. The number of ether oxygens (including phenoxy) is 1. The Morgan fingerprint density at radius 3 is 2.92 bits per heavy atom. The molecule has 1 aliphatic heterocycles. The van der Waals surface area contributed by atoms with E-state index in [9.17, 15) is 5.26 Å². The van der Waals surface area contributed by atoms with Gasteiger partial charge in [-0.25, -0.2) is 0 Å². The largest absolute Gasteiger partial charge is 0.379 e. The molecule has 2 atom stereocenters. The molecule has 3 aromatic heterocycles. The Kier molecular flexibility index (Phi) is 3.99. The van der Waals surface area contributed by atoms with Crippen LogP contribution in [0.2, 0.25) is 0 Å². The van der Waals surface area contributed by atoms with Crippen molar-refractivity contribution in [2.24, 2.45) is 7.05 Å². The van der Waals surface area contributed by atoms with Gasteiger partial charge >= 0.3 is 0 Å². The van der Waals surface area contributed by atoms with Crippen LogP contribution in [-0.2, 0) is 18.3 Å². The van der Waals surface area contributed by atoms with Crippen molar-refractivity contribution in [2.75, 3.05) is 20.2 Å². The van der Waals surface area contributed by atoms with Gasteiger partial charge in [0.2, 0.25) is 0 Å². The van der Waals surface area contributed by atoms with Gasteiger partial charge in [0.1, 0.15) is 6.07 Å². The van der Waals surface area contributed by atoms with Crippen LogP contribution in [0.3, 0.4) is 0 Å². The second-order valence-electron chi connectivity index (χ2n) is 6.53. The van der Waals surface area contributed by atoms with Crippen LogP contribution in [-0.4, -0.2) is 50.6 Å². The maximum absolute atomic E-state index is 9.58. The third kappa shape index (κ3) is 2.80. The molecule has 1 aliphatic rings. The van der Waals surface area contributed by atoms with Gasteiger partial charge in [0.25, 0.3) is 0 Å². The van der Waals surface area contributed by atoms with E-state index in [4.69, 9.17) is 4.74 Å². The molecule has 1 saturated heterocycles. The van der Waals surface area contributed by atoms with Gasteiger partial charge in [0.05, 0.1) is 22.9 Å². The summed E-state index contributed by atoms with van der Waals surface area (Å²) in [6.45, 7) is 2.38. The van der Waals surface area contributed by atoms with E-state index in [0.29, 0.717) is 0 Å². The minimum atomic E-state index is 0.0827. The topological polar surface area (TPSA) is 71.4 Å². The second-order valence-corrected chi connectivity index (χ2v) is 6.53. The van der Waals surface area contributed by atoms with Gasteiger partial charge in [-0.1, -0.05) is 11.3 Å². The van der Waals surface area contributed by atoms with Crippen molar-refractivity contribution in [3.8, 4) is 6.07 Å². The summed E-state index contributed by atoms with van der Waals surface area (Å²) in [5, 5.41) is 17.9. The average molecular weight is 336 g/mol. The van der Waals surface area contributed by atoms with Crippen molar-refractivity contribution >= 4 is 5.52 Å². The molecule has 7 nitrogen and oxygen atoms in total. The highest BCUT2D eigenvalue weighted by Crippen LogP contribution is 2.30. The van der Waals surface area contributed by atoms with E-state index in [1.54, 1.807) is 11.8 Å². The smallest absolute Gasteiger partial charge is 0.102 e. The highest BCUT2D eigenvalue weighted by Gasteiger charge is 2.36. The van der Waals surface area contributed by atoms with E-state index in [1.165, 1.54) is 0 Å². The number of fused-ring (bicyclic) bond motifs is 1. The van der Waals surface area contributed by atoms with Crippen LogP contribution in [0.15, 0.2) is 36.8 Å². The lowest BCUT2D eigenvalue weighted by atomic mass is 10.0. The van der Waals surface area contributed by atoms with E-state index in [0.717, 1.165) is 42.0 Å². The number of pyridine rings is 1. The maximum Gasteiger partial charge on any atom is 0.102 e. The lowest BCUT2D eigenvalue weighted by Crippen LogP contribution is -2.22. The van der Waals surface area contributed by atoms with Gasteiger partial charge in [0, 0.05) is 63.9 Å². The fourth-order valence-corrected chi connectivity index (χ4v) is 3.71. The Hall–Kier alpha value is -2.69. The predicted molar refractivity (Wildman–Crippen MR) is 91.9 cm³/mol. The number of likely N-dealkylation sites (tertiary alicyclic amines) is 1. The first-order chi connectivity index (χ1) is 12.2. The van der Waals surface area contributed by atoms with E-state index >= 15 is 0 Å². The first-order valence-electron chi connectivity index (χ1n) is 8.29. The molecule has 0 bridgehead atoms. The molecule has 4 heterocycles. The highest BCUT2D eigenvalue weighted by molar-refractivity contribution is 5.65. The fraction of sp³-hybridized carbons (Fsp3) is 0.389. The van der Waals surface area contributed by atoms with Crippen molar-refractivity contribution in [1.29, 1.82) is 5.26 Å². The van der Waals surface area contributed by atoms with Crippen LogP contribution >= 0.6 is 0 Å². The van der Waals surface area contributed by atoms with E-state index in [2.05, 4.69) is 21.3 Å². The third-order valence-electron chi connectivity index (χ3n) is 4.91. The van der Waals surface area contributed by atoms with Gasteiger partial charge in [-0.05, 0) is 12.1 Å². The maximum atomic E-state index is 9.58. The number of rotatable bonds is 4. The van der Waals surface area contributed by atoms with Gasteiger partial charge in [-0.3, -0.25) is 9.58 Å². The second kappa shape index (κ2) is 6.31. The molecule has 25 heavy (non-hydrogen) atoms. The zero-order valence-corrected chi connectivity index (χ0v) is 14.3. The molecule has 0 saturated carbocycles. The lowest BCUT2D eigenvalue weighted by Gasteiger charge is -2.14. The summed E-state index contributed by atoms with van der Waals surface area (Å²) >= 11 is 0. The Balaban J connectivity index is 1.59. The number of aromatic nitrogens is 4. The summed E-state index contributed by atoms with van der Waals surface area (Å²) in [5.74, 6) is 0.196. The number of hydrogen-bond donors (Lipinski definition) is 0. The number of aryl methyl sites for hydroxylation is 1. The molecule has 0 aromatic carbocycles. The summed E-state index contributed by atoms with van der Waals surface area (Å²) in [4.78, 5) is 2.32. The quantitative estimate of drug-likeness (QED) is 0.723. The molecule has 7 heteroatoms. The summed E-state index contributed by atoms with van der Waals surface area (Å²) in [5.41, 5.74) is 3.70. The average Bonchev–Trinajstić information content (AvgIpc) is 3.30. The Bertz CT molecular complexity index is 937. The molecule has 0 aliphatic carbocycles. The van der Waals surface area contributed by atoms with Gasteiger partial charge in [-0.2, -0.15) is 5.26 Å². The van der Waals surface area contributed by atoms with Crippen molar-refractivity contribution in [3.05, 3.63) is 53.6 Å². The van der Waals surface area contributed by atoms with Gasteiger partial charge in [-0.15, -0.1) is 5.10 Å². The Labute approximate surface area is 146 Å². The Morgan fingerprint density at radius 1 is 1.32 bits per heavy atom. The van der Waals surface area contributed by atoms with E-state index in [1.807, 2.05) is 48.2 Å². The number of nitriles is 1. The minimum absolute atomic E-state index is 0.0827. The monoisotopic (exact) mass is 336 g/mol. The standard InChI is InChI=1S/C18H20N6O/c1-22-11-16(20-21-22)15-10-23(12-18(15)25-2)8-13-9-24-6-4-3-5-17(24)14(13)7-19/h3-6,9,11,15,18H,8,10,12H2,1-2H3/t15-,18+/m0/s1. The molecule has 0 N–H and O–H groups in total. The number of hydrogen-bond acceptors (Lipinski definition) is 5.